The Morgan fingerprint density at radius 2 is 2.00 bits per heavy atom. The van der Waals surface area contributed by atoms with E-state index in [0.717, 1.165) is 22.5 Å². The summed E-state index contributed by atoms with van der Waals surface area (Å²) < 4.78 is 21.1. The second kappa shape index (κ2) is 4.76. The van der Waals surface area contributed by atoms with Gasteiger partial charge in [0.15, 0.2) is 4.77 Å². The van der Waals surface area contributed by atoms with Crippen LogP contribution in [0.1, 0.15) is 5.56 Å². The molecule has 0 bridgehead atoms. The van der Waals surface area contributed by atoms with Gasteiger partial charge in [0.2, 0.25) is 0 Å². The van der Waals surface area contributed by atoms with Crippen molar-refractivity contribution in [2.45, 2.75) is 6.92 Å². The second-order valence-corrected chi connectivity index (χ2v) is 4.97. The van der Waals surface area contributed by atoms with Crippen molar-refractivity contribution in [2.75, 3.05) is 7.11 Å². The summed E-state index contributed by atoms with van der Waals surface area (Å²) in [5.41, 5.74) is 3.23. The minimum atomic E-state index is -0.224. The minimum absolute atomic E-state index is 0.224. The van der Waals surface area contributed by atoms with Crippen LogP contribution in [0.4, 0.5) is 4.39 Å². The summed E-state index contributed by atoms with van der Waals surface area (Å²) >= 11 is 5.36. The number of hydrogen-bond donors (Lipinski definition) is 1. The van der Waals surface area contributed by atoms with Crippen LogP contribution in [0, 0.1) is 17.5 Å². The first kappa shape index (κ1) is 12.9. The zero-order chi connectivity index (χ0) is 14.3. The molecule has 0 radical (unpaired) electrons. The summed E-state index contributed by atoms with van der Waals surface area (Å²) in [4.78, 5) is 3.14. The first-order chi connectivity index (χ1) is 9.60. The Hall–Kier alpha value is -2.14. The molecule has 0 aliphatic heterocycles. The average Bonchev–Trinajstić information content (AvgIpc) is 2.77. The van der Waals surface area contributed by atoms with Crippen LogP contribution >= 0.6 is 12.2 Å². The molecule has 3 aromatic rings. The molecule has 5 heteroatoms. The third-order valence-electron chi connectivity index (χ3n) is 3.29. The van der Waals surface area contributed by atoms with Crippen LogP contribution < -0.4 is 4.74 Å². The van der Waals surface area contributed by atoms with Gasteiger partial charge in [-0.1, -0.05) is 0 Å². The lowest BCUT2D eigenvalue weighted by Crippen LogP contribution is -1.96. The number of fused-ring (bicyclic) bond motifs is 1. The molecule has 102 valence electrons. The number of nitrogens with zero attached hydrogens (tertiary/aromatic N) is 1. The molecule has 3 nitrogen and oxygen atoms in total. The molecule has 0 spiro atoms. The van der Waals surface area contributed by atoms with Crippen molar-refractivity contribution in [3.05, 3.63) is 52.5 Å². The number of halogens is 1. The predicted octanol–water partition coefficient (Wildman–Crippen LogP) is 4.14. The number of hydrogen-bond acceptors (Lipinski definition) is 2. The number of ether oxygens (including phenoxy) is 1. The van der Waals surface area contributed by atoms with Crippen LogP contribution in [-0.2, 0) is 0 Å². The summed E-state index contributed by atoms with van der Waals surface area (Å²) in [5, 5.41) is 0. The number of aryl methyl sites for hydroxylation is 1. The topological polar surface area (TPSA) is 29.9 Å². The molecular weight excluding hydrogens is 275 g/mol. The number of nitrogens with one attached hydrogen (secondary N) is 1. The maximum atomic E-state index is 13.4. The van der Waals surface area contributed by atoms with Crippen molar-refractivity contribution >= 4 is 23.3 Å². The number of benzene rings is 2. The molecule has 1 aromatic heterocycles. The number of aromatic nitrogens is 2. The zero-order valence-electron chi connectivity index (χ0n) is 11.1. The third-order valence-corrected chi connectivity index (χ3v) is 3.57. The maximum Gasteiger partial charge on any atom is 0.182 e. The summed E-state index contributed by atoms with van der Waals surface area (Å²) in [6, 6.07) is 10.6. The van der Waals surface area contributed by atoms with Gasteiger partial charge in [0.1, 0.15) is 11.6 Å². The summed E-state index contributed by atoms with van der Waals surface area (Å²) in [6.45, 7) is 1.73. The van der Waals surface area contributed by atoms with E-state index in [2.05, 4.69) is 4.98 Å². The number of imidazole rings is 1. The Bertz CT molecular complexity index is 851. The van der Waals surface area contributed by atoms with E-state index >= 15 is 0 Å². The van der Waals surface area contributed by atoms with Crippen molar-refractivity contribution in [3.63, 3.8) is 0 Å². The van der Waals surface area contributed by atoms with Crippen LogP contribution in [-0.4, -0.2) is 16.7 Å². The molecule has 0 atom stereocenters. The molecule has 0 aliphatic carbocycles. The lowest BCUT2D eigenvalue weighted by Gasteiger charge is -2.07. The quantitative estimate of drug-likeness (QED) is 0.718. The molecule has 0 amide bonds. The van der Waals surface area contributed by atoms with Gasteiger partial charge >= 0.3 is 0 Å². The number of H-pyrrole nitrogens is 1. The van der Waals surface area contributed by atoms with Crippen LogP contribution in [0.2, 0.25) is 0 Å². The molecule has 0 unspecified atom stereocenters. The predicted molar refractivity (Wildman–Crippen MR) is 79.7 cm³/mol. The highest BCUT2D eigenvalue weighted by Gasteiger charge is 2.09. The summed E-state index contributed by atoms with van der Waals surface area (Å²) in [7, 11) is 1.62. The van der Waals surface area contributed by atoms with Crippen LogP contribution in [0.3, 0.4) is 0 Å². The minimum Gasteiger partial charge on any atom is -0.497 e. The van der Waals surface area contributed by atoms with Gasteiger partial charge < -0.3 is 9.72 Å². The van der Waals surface area contributed by atoms with Gasteiger partial charge in [-0.2, -0.15) is 0 Å². The van der Waals surface area contributed by atoms with Gasteiger partial charge in [-0.15, -0.1) is 0 Å². The highest BCUT2D eigenvalue weighted by molar-refractivity contribution is 7.71. The van der Waals surface area contributed by atoms with Crippen LogP contribution in [0.25, 0.3) is 16.7 Å². The first-order valence-corrected chi connectivity index (χ1v) is 6.56. The van der Waals surface area contributed by atoms with Gasteiger partial charge in [0.25, 0.3) is 0 Å². The smallest absolute Gasteiger partial charge is 0.182 e. The summed E-state index contributed by atoms with van der Waals surface area (Å²) in [5.74, 6) is 0.525. The third kappa shape index (κ3) is 2.00. The highest BCUT2D eigenvalue weighted by atomic mass is 32.1. The zero-order valence-corrected chi connectivity index (χ0v) is 11.9. The monoisotopic (exact) mass is 288 g/mol. The molecule has 0 saturated heterocycles. The Labute approximate surface area is 120 Å². The first-order valence-electron chi connectivity index (χ1n) is 6.15. The SMILES string of the molecule is COc1ccc2[nH]c(=S)n(-c3ccc(F)c(C)c3)c2c1. The van der Waals surface area contributed by atoms with E-state index in [-0.39, 0.29) is 5.82 Å². The lowest BCUT2D eigenvalue weighted by molar-refractivity contribution is 0.415. The fraction of sp³-hybridized carbons (Fsp3) is 0.133. The maximum absolute atomic E-state index is 13.4. The van der Waals surface area contributed by atoms with Crippen molar-refractivity contribution < 1.29 is 9.13 Å². The van der Waals surface area contributed by atoms with Gasteiger partial charge in [0.05, 0.1) is 18.1 Å². The standard InChI is InChI=1S/C15H13FN2OS/c1-9-7-10(3-5-12(9)16)18-14-8-11(19-2)4-6-13(14)17-15(18)20/h3-8H,1-2H3,(H,17,20). The van der Waals surface area contributed by atoms with Crippen LogP contribution in [0.5, 0.6) is 5.75 Å². The van der Waals surface area contributed by atoms with Gasteiger partial charge in [-0.3, -0.25) is 4.57 Å². The van der Waals surface area contributed by atoms with Gasteiger partial charge in [-0.05, 0) is 55.0 Å². The van der Waals surface area contributed by atoms with Crippen molar-refractivity contribution in [1.29, 1.82) is 0 Å². The average molecular weight is 288 g/mol. The fourth-order valence-electron chi connectivity index (χ4n) is 2.23. The van der Waals surface area contributed by atoms with E-state index in [0.29, 0.717) is 10.3 Å². The molecule has 2 aromatic carbocycles. The molecule has 0 saturated carbocycles. The van der Waals surface area contributed by atoms with Crippen LogP contribution in [0.15, 0.2) is 36.4 Å². The van der Waals surface area contributed by atoms with E-state index < -0.39 is 0 Å². The largest absolute Gasteiger partial charge is 0.497 e. The molecule has 1 N–H and O–H groups in total. The Kier molecular flexibility index (Phi) is 3.06. The van der Waals surface area contributed by atoms with E-state index in [9.17, 15) is 4.39 Å². The number of rotatable bonds is 2. The molecule has 1 heterocycles. The molecule has 3 rings (SSSR count). The molecule has 0 fully saturated rings. The number of aromatic amines is 1. The van der Waals surface area contributed by atoms with E-state index in [4.69, 9.17) is 17.0 Å². The van der Waals surface area contributed by atoms with Gasteiger partial charge in [0, 0.05) is 11.8 Å². The molecule has 0 aliphatic rings. The fourth-order valence-corrected chi connectivity index (χ4v) is 2.55. The van der Waals surface area contributed by atoms with Crippen molar-refractivity contribution in [3.8, 4) is 11.4 Å². The van der Waals surface area contributed by atoms with E-state index in [1.165, 1.54) is 6.07 Å². The van der Waals surface area contributed by atoms with E-state index in [1.54, 1.807) is 26.2 Å². The Morgan fingerprint density at radius 3 is 2.70 bits per heavy atom. The molecule has 20 heavy (non-hydrogen) atoms. The van der Waals surface area contributed by atoms with Gasteiger partial charge in [-0.25, -0.2) is 4.39 Å². The van der Waals surface area contributed by atoms with Crippen molar-refractivity contribution in [2.24, 2.45) is 0 Å². The normalized spacial score (nSPS) is 10.9. The second-order valence-electron chi connectivity index (χ2n) is 4.58. The Morgan fingerprint density at radius 1 is 1.20 bits per heavy atom. The molecular formula is C15H13FN2OS. The van der Waals surface area contributed by atoms with E-state index in [1.807, 2.05) is 22.8 Å². The summed E-state index contributed by atoms with van der Waals surface area (Å²) in [6.07, 6.45) is 0. The Balaban J connectivity index is 2.31. The number of methoxy groups -OCH3 is 1. The lowest BCUT2D eigenvalue weighted by atomic mass is 10.2. The highest BCUT2D eigenvalue weighted by Crippen LogP contribution is 2.24. The van der Waals surface area contributed by atoms with Crippen molar-refractivity contribution in [1.82, 2.24) is 9.55 Å².